The second kappa shape index (κ2) is 8.54. The third-order valence-electron chi connectivity index (χ3n) is 5.29. The highest BCUT2D eigenvalue weighted by Gasteiger charge is 2.17. The van der Waals surface area contributed by atoms with Gasteiger partial charge in [0.2, 0.25) is 5.82 Å². The summed E-state index contributed by atoms with van der Waals surface area (Å²) in [4.78, 5) is 4.69. The average Bonchev–Trinajstić information content (AvgIpc) is 3.44. The lowest BCUT2D eigenvalue weighted by molar-refractivity contribution is 0.573. The van der Waals surface area contributed by atoms with Gasteiger partial charge in [-0.1, -0.05) is 62.4 Å². The standard InChI is InChI=1S/C22H26N8/c1-4-14(2)22-24-20(15(3)23)27-30(22)13-16-9-11-17(12-10-16)18-7-5-6-8-19(18)21-25-28-29-26-21/h5-12,14-15H,4,13,23H2,1-3H3,(H,25,26,28,29). The largest absolute Gasteiger partial charge is 0.321 e. The molecule has 0 spiro atoms. The van der Waals surface area contributed by atoms with Crippen LogP contribution in [-0.4, -0.2) is 35.4 Å². The van der Waals surface area contributed by atoms with Crippen molar-refractivity contribution < 1.29 is 0 Å². The minimum atomic E-state index is -0.182. The molecule has 8 heteroatoms. The molecule has 2 heterocycles. The summed E-state index contributed by atoms with van der Waals surface area (Å²) in [5.74, 6) is 2.58. The molecular weight excluding hydrogens is 376 g/mol. The van der Waals surface area contributed by atoms with Crippen LogP contribution in [0.3, 0.4) is 0 Å². The van der Waals surface area contributed by atoms with Gasteiger partial charge >= 0.3 is 0 Å². The van der Waals surface area contributed by atoms with Gasteiger partial charge in [-0.2, -0.15) is 10.3 Å². The number of hydrogen-bond acceptors (Lipinski definition) is 6. The number of H-pyrrole nitrogens is 1. The molecule has 3 N–H and O–H groups in total. The number of hydrogen-bond donors (Lipinski definition) is 2. The zero-order valence-electron chi connectivity index (χ0n) is 17.4. The molecule has 0 saturated carbocycles. The summed E-state index contributed by atoms with van der Waals surface area (Å²) in [5.41, 5.74) is 10.3. The second-order valence-corrected chi connectivity index (χ2v) is 7.56. The Morgan fingerprint density at radius 3 is 2.40 bits per heavy atom. The van der Waals surface area contributed by atoms with E-state index in [-0.39, 0.29) is 6.04 Å². The molecule has 0 aliphatic carbocycles. The summed E-state index contributed by atoms with van der Waals surface area (Å²) >= 11 is 0. The lowest BCUT2D eigenvalue weighted by Gasteiger charge is -2.11. The fourth-order valence-corrected chi connectivity index (χ4v) is 3.40. The molecule has 2 atom stereocenters. The lowest BCUT2D eigenvalue weighted by atomic mass is 9.98. The second-order valence-electron chi connectivity index (χ2n) is 7.56. The summed E-state index contributed by atoms with van der Waals surface area (Å²) in [6, 6.07) is 16.3. The van der Waals surface area contributed by atoms with Crippen LogP contribution in [-0.2, 0) is 6.54 Å². The Hall–Kier alpha value is -3.39. The van der Waals surface area contributed by atoms with E-state index in [1.165, 1.54) is 0 Å². The van der Waals surface area contributed by atoms with Crippen LogP contribution >= 0.6 is 0 Å². The van der Waals surface area contributed by atoms with Gasteiger partial charge in [-0.15, -0.1) is 10.2 Å². The zero-order chi connectivity index (χ0) is 21.1. The van der Waals surface area contributed by atoms with Crippen molar-refractivity contribution in [3.8, 4) is 22.5 Å². The van der Waals surface area contributed by atoms with Gasteiger partial charge in [0.15, 0.2) is 5.82 Å². The molecule has 154 valence electrons. The topological polar surface area (TPSA) is 111 Å². The van der Waals surface area contributed by atoms with E-state index in [1.807, 2.05) is 29.8 Å². The van der Waals surface area contributed by atoms with E-state index in [2.05, 4.69) is 74.9 Å². The molecule has 8 nitrogen and oxygen atoms in total. The number of nitrogens with two attached hydrogens (primary N) is 1. The molecule has 0 aliphatic heterocycles. The molecule has 0 fully saturated rings. The molecule has 0 bridgehead atoms. The first-order valence-electron chi connectivity index (χ1n) is 10.2. The summed E-state index contributed by atoms with van der Waals surface area (Å²) in [6.45, 7) is 6.90. The molecule has 0 amide bonds. The van der Waals surface area contributed by atoms with Gasteiger partial charge in [-0.05, 0) is 35.2 Å². The molecule has 30 heavy (non-hydrogen) atoms. The van der Waals surface area contributed by atoms with E-state index in [4.69, 9.17) is 5.73 Å². The number of nitrogens with one attached hydrogen (secondary N) is 1. The van der Waals surface area contributed by atoms with E-state index >= 15 is 0 Å². The highest BCUT2D eigenvalue weighted by molar-refractivity contribution is 5.80. The maximum absolute atomic E-state index is 6.01. The average molecular weight is 403 g/mol. The Morgan fingerprint density at radius 2 is 1.77 bits per heavy atom. The van der Waals surface area contributed by atoms with Crippen molar-refractivity contribution in [1.29, 1.82) is 0 Å². The number of rotatable bonds is 7. The highest BCUT2D eigenvalue weighted by Crippen LogP contribution is 2.30. The van der Waals surface area contributed by atoms with Gasteiger partial charge in [0, 0.05) is 11.5 Å². The summed E-state index contributed by atoms with van der Waals surface area (Å²) < 4.78 is 1.98. The highest BCUT2D eigenvalue weighted by atomic mass is 15.5. The molecule has 4 rings (SSSR count). The third-order valence-corrected chi connectivity index (χ3v) is 5.29. The normalized spacial score (nSPS) is 13.3. The molecule has 4 aromatic rings. The minimum Gasteiger partial charge on any atom is -0.321 e. The number of aromatic amines is 1. The third kappa shape index (κ3) is 3.99. The Kier molecular flexibility index (Phi) is 5.67. The molecular formula is C22H26N8. The number of tetrazole rings is 1. The monoisotopic (exact) mass is 402 g/mol. The Balaban J connectivity index is 1.62. The van der Waals surface area contributed by atoms with Crippen molar-refractivity contribution >= 4 is 0 Å². The van der Waals surface area contributed by atoms with Crippen molar-refractivity contribution in [2.45, 2.75) is 45.7 Å². The van der Waals surface area contributed by atoms with Gasteiger partial charge in [-0.3, -0.25) is 0 Å². The van der Waals surface area contributed by atoms with Crippen molar-refractivity contribution in [2.24, 2.45) is 5.73 Å². The number of nitrogens with zero attached hydrogens (tertiary/aromatic N) is 6. The van der Waals surface area contributed by atoms with Crippen LogP contribution in [0, 0.1) is 0 Å². The molecule has 2 unspecified atom stereocenters. The first-order valence-corrected chi connectivity index (χ1v) is 10.2. The van der Waals surface area contributed by atoms with E-state index < -0.39 is 0 Å². The molecule has 2 aromatic heterocycles. The zero-order valence-corrected chi connectivity index (χ0v) is 17.4. The molecule has 0 radical (unpaired) electrons. The van der Waals surface area contributed by atoms with Gasteiger partial charge < -0.3 is 5.73 Å². The number of aromatic nitrogens is 7. The van der Waals surface area contributed by atoms with Gasteiger partial charge in [0.1, 0.15) is 5.82 Å². The fraction of sp³-hybridized carbons (Fsp3) is 0.318. The lowest BCUT2D eigenvalue weighted by Crippen LogP contribution is -2.10. The summed E-state index contributed by atoms with van der Waals surface area (Å²) in [6.07, 6.45) is 1.00. The SMILES string of the molecule is CCC(C)c1nc(C(C)N)nn1Cc1ccc(-c2ccccc2-c2nn[nH]n2)cc1. The Morgan fingerprint density at radius 1 is 1.03 bits per heavy atom. The predicted molar refractivity (Wildman–Crippen MR) is 115 cm³/mol. The molecule has 0 aliphatic rings. The maximum Gasteiger partial charge on any atom is 0.205 e. The Bertz CT molecular complexity index is 1100. The van der Waals surface area contributed by atoms with Crippen LogP contribution in [0.25, 0.3) is 22.5 Å². The van der Waals surface area contributed by atoms with Crippen molar-refractivity contribution in [1.82, 2.24) is 35.4 Å². The van der Waals surface area contributed by atoms with Crippen molar-refractivity contribution in [3.05, 3.63) is 65.7 Å². The molecule has 0 saturated heterocycles. The van der Waals surface area contributed by atoms with Crippen LogP contribution in [0.1, 0.15) is 56.4 Å². The van der Waals surface area contributed by atoms with E-state index in [0.29, 0.717) is 24.1 Å². The van der Waals surface area contributed by atoms with Crippen LogP contribution in [0.4, 0.5) is 0 Å². The van der Waals surface area contributed by atoms with E-state index in [9.17, 15) is 0 Å². The van der Waals surface area contributed by atoms with Crippen LogP contribution < -0.4 is 5.73 Å². The van der Waals surface area contributed by atoms with Gasteiger partial charge in [0.05, 0.1) is 12.6 Å². The van der Waals surface area contributed by atoms with Crippen LogP contribution in [0.5, 0.6) is 0 Å². The van der Waals surface area contributed by atoms with Crippen molar-refractivity contribution in [3.63, 3.8) is 0 Å². The van der Waals surface area contributed by atoms with E-state index in [1.54, 1.807) is 0 Å². The maximum atomic E-state index is 6.01. The minimum absolute atomic E-state index is 0.182. The molecule has 2 aromatic carbocycles. The van der Waals surface area contributed by atoms with E-state index in [0.717, 1.165) is 34.5 Å². The van der Waals surface area contributed by atoms with Gasteiger partial charge in [0.25, 0.3) is 0 Å². The smallest absolute Gasteiger partial charge is 0.205 e. The fourth-order valence-electron chi connectivity index (χ4n) is 3.40. The first kappa shape index (κ1) is 19.9. The summed E-state index contributed by atoms with van der Waals surface area (Å²) in [5, 5.41) is 19.1. The van der Waals surface area contributed by atoms with Gasteiger partial charge in [-0.25, -0.2) is 9.67 Å². The predicted octanol–water partition coefficient (Wildman–Crippen LogP) is 3.71. The first-order chi connectivity index (χ1) is 14.6. The summed E-state index contributed by atoms with van der Waals surface area (Å²) in [7, 11) is 0. The Labute approximate surface area is 175 Å². The quantitative estimate of drug-likeness (QED) is 0.487. The van der Waals surface area contributed by atoms with Crippen molar-refractivity contribution in [2.75, 3.05) is 0 Å². The van der Waals surface area contributed by atoms with Crippen LogP contribution in [0.2, 0.25) is 0 Å². The number of benzene rings is 2. The van der Waals surface area contributed by atoms with Crippen LogP contribution in [0.15, 0.2) is 48.5 Å².